The largest absolute Gasteiger partial charge is 0.494 e. The van der Waals surface area contributed by atoms with Crippen LogP contribution < -0.4 is 0 Å². The van der Waals surface area contributed by atoms with E-state index in [4.69, 9.17) is 4.99 Å². The Morgan fingerprint density at radius 1 is 1.09 bits per heavy atom. The first-order valence-corrected chi connectivity index (χ1v) is 14.2. The number of nitro benzene ring substituents is 1. The van der Waals surface area contributed by atoms with E-state index < -0.39 is 4.92 Å². The molecular weight excluding hydrogens is 544 g/mol. The van der Waals surface area contributed by atoms with Crippen molar-refractivity contribution in [2.24, 2.45) is 4.99 Å². The van der Waals surface area contributed by atoms with Gasteiger partial charge >= 0.3 is 0 Å². The highest BCUT2D eigenvalue weighted by molar-refractivity contribution is 6.22. The monoisotopic (exact) mass is 574 g/mol. The van der Waals surface area contributed by atoms with Crippen LogP contribution in [0.5, 0.6) is 5.88 Å². The van der Waals surface area contributed by atoms with E-state index >= 15 is 0 Å². The number of nitrogens with zero attached hydrogens (tertiary/aromatic N) is 4. The van der Waals surface area contributed by atoms with Crippen molar-refractivity contribution in [3.63, 3.8) is 0 Å². The van der Waals surface area contributed by atoms with Crippen LogP contribution in [0.25, 0.3) is 23.1 Å². The second-order valence-corrected chi connectivity index (χ2v) is 10.5. The zero-order valence-corrected chi connectivity index (χ0v) is 23.4. The Hall–Kier alpha value is -5.51. The molecule has 216 valence electrons. The van der Waals surface area contributed by atoms with E-state index in [0.29, 0.717) is 34.3 Å². The van der Waals surface area contributed by atoms with Crippen LogP contribution in [0.4, 0.5) is 11.4 Å². The minimum absolute atomic E-state index is 0.0765. The molecule has 3 N–H and O–H groups in total. The molecule has 10 heteroatoms. The number of H-pyrrole nitrogens is 2. The van der Waals surface area contributed by atoms with Gasteiger partial charge in [0.2, 0.25) is 5.91 Å². The van der Waals surface area contributed by atoms with E-state index in [1.807, 2.05) is 65.6 Å². The molecule has 0 aliphatic carbocycles. The third kappa shape index (κ3) is 6.23. The Morgan fingerprint density at radius 3 is 2.60 bits per heavy atom. The Labute approximate surface area is 247 Å². The summed E-state index contributed by atoms with van der Waals surface area (Å²) in [5, 5.41) is 23.1. The highest BCUT2D eigenvalue weighted by Crippen LogP contribution is 2.34. The smallest absolute Gasteiger partial charge is 0.270 e. The number of aromatic nitrogens is 3. The quantitative estimate of drug-likeness (QED) is 0.101. The minimum Gasteiger partial charge on any atom is -0.494 e. The lowest BCUT2D eigenvalue weighted by Gasteiger charge is -2.15. The number of aromatic amines is 2. The standard InChI is InChI=1S/C33H30N6O4/c40-30-4-2-18-38(30)17-1-3-22-5-10-24(11-6-22)32(31-28-19-27(39(42)43)15-16-29(28)37-33(31)41)36-25-12-7-23(8-13-25)9-14-26-20-34-21-35-26/h5-16,19-21,37,41H,1-4,17-18H2,(H,34,35)/b14-9+,36-32?. The summed E-state index contributed by atoms with van der Waals surface area (Å²) in [5.41, 5.74) is 5.77. The molecule has 0 bridgehead atoms. The number of likely N-dealkylation sites (tertiary alicyclic amines) is 1. The van der Waals surface area contributed by atoms with E-state index in [1.54, 1.807) is 18.6 Å². The summed E-state index contributed by atoms with van der Waals surface area (Å²) in [6.45, 7) is 1.59. The van der Waals surface area contributed by atoms with Crippen molar-refractivity contribution in [1.82, 2.24) is 19.9 Å². The maximum Gasteiger partial charge on any atom is 0.270 e. The Morgan fingerprint density at radius 2 is 1.91 bits per heavy atom. The van der Waals surface area contributed by atoms with Gasteiger partial charge in [0, 0.05) is 48.1 Å². The van der Waals surface area contributed by atoms with Crippen LogP contribution in [0.1, 0.15) is 47.2 Å². The third-order valence-corrected chi connectivity index (χ3v) is 7.61. The number of amides is 1. The van der Waals surface area contributed by atoms with Gasteiger partial charge < -0.3 is 20.0 Å². The molecule has 3 aromatic carbocycles. The number of hydrogen-bond donors (Lipinski definition) is 3. The van der Waals surface area contributed by atoms with Gasteiger partial charge in [-0.3, -0.25) is 14.9 Å². The van der Waals surface area contributed by atoms with Crippen LogP contribution in [0.3, 0.4) is 0 Å². The predicted molar refractivity (Wildman–Crippen MR) is 166 cm³/mol. The number of hydrogen-bond acceptors (Lipinski definition) is 6. The number of aromatic hydroxyl groups is 1. The Kier molecular flexibility index (Phi) is 7.82. The van der Waals surface area contributed by atoms with E-state index in [2.05, 4.69) is 15.0 Å². The fourth-order valence-corrected chi connectivity index (χ4v) is 5.36. The maximum absolute atomic E-state index is 11.9. The van der Waals surface area contributed by atoms with E-state index in [1.165, 1.54) is 12.1 Å². The summed E-state index contributed by atoms with van der Waals surface area (Å²) in [4.78, 5) is 39.9. The molecule has 2 aromatic heterocycles. The van der Waals surface area contributed by atoms with Gasteiger partial charge in [0.05, 0.1) is 40.1 Å². The molecule has 5 aromatic rings. The summed E-state index contributed by atoms with van der Waals surface area (Å²) in [6.07, 6.45) is 10.5. The number of carbonyl (C=O) groups excluding carboxylic acids is 1. The molecule has 0 spiro atoms. The first-order valence-electron chi connectivity index (χ1n) is 14.2. The van der Waals surface area contributed by atoms with Crippen molar-refractivity contribution < 1.29 is 14.8 Å². The molecule has 1 aliphatic heterocycles. The summed E-state index contributed by atoms with van der Waals surface area (Å²) in [7, 11) is 0. The number of rotatable bonds is 10. The number of aryl methyl sites for hydroxylation is 1. The van der Waals surface area contributed by atoms with Gasteiger partial charge in [-0.05, 0) is 54.7 Å². The zero-order valence-electron chi connectivity index (χ0n) is 23.4. The van der Waals surface area contributed by atoms with Gasteiger partial charge in [0.1, 0.15) is 0 Å². The predicted octanol–water partition coefficient (Wildman–Crippen LogP) is 6.40. The lowest BCUT2D eigenvalue weighted by molar-refractivity contribution is -0.384. The number of nitrogens with one attached hydrogen (secondary N) is 2. The first-order chi connectivity index (χ1) is 20.9. The highest BCUT2D eigenvalue weighted by Gasteiger charge is 2.22. The minimum atomic E-state index is -0.454. The zero-order chi connectivity index (χ0) is 29.8. The molecule has 1 amide bonds. The maximum atomic E-state index is 11.9. The average Bonchev–Trinajstić information content (AvgIpc) is 3.76. The molecule has 0 unspecified atom stereocenters. The lowest BCUT2D eigenvalue weighted by atomic mass is 9.98. The number of benzene rings is 3. The average molecular weight is 575 g/mol. The van der Waals surface area contributed by atoms with E-state index in [0.717, 1.165) is 54.7 Å². The molecule has 1 aliphatic rings. The van der Waals surface area contributed by atoms with Crippen molar-refractivity contribution >= 4 is 46.0 Å². The molecular formula is C33H30N6O4. The number of carbonyl (C=O) groups is 1. The third-order valence-electron chi connectivity index (χ3n) is 7.61. The number of fused-ring (bicyclic) bond motifs is 1. The summed E-state index contributed by atoms with van der Waals surface area (Å²) < 4.78 is 0. The van der Waals surface area contributed by atoms with Gasteiger partial charge in [0.25, 0.3) is 5.69 Å². The molecule has 6 rings (SSSR count). The molecule has 10 nitrogen and oxygen atoms in total. The van der Waals surface area contributed by atoms with Crippen molar-refractivity contribution in [3.8, 4) is 5.88 Å². The summed E-state index contributed by atoms with van der Waals surface area (Å²) >= 11 is 0. The van der Waals surface area contributed by atoms with Gasteiger partial charge in [-0.2, -0.15) is 0 Å². The van der Waals surface area contributed by atoms with Crippen LogP contribution >= 0.6 is 0 Å². The molecule has 0 atom stereocenters. The van der Waals surface area contributed by atoms with Crippen molar-refractivity contribution in [2.45, 2.75) is 25.7 Å². The fourth-order valence-electron chi connectivity index (χ4n) is 5.36. The lowest BCUT2D eigenvalue weighted by Crippen LogP contribution is -2.25. The molecule has 1 saturated heterocycles. The number of imidazole rings is 1. The van der Waals surface area contributed by atoms with Crippen molar-refractivity contribution in [2.75, 3.05) is 13.1 Å². The van der Waals surface area contributed by atoms with Gasteiger partial charge in [-0.1, -0.05) is 42.5 Å². The van der Waals surface area contributed by atoms with E-state index in [9.17, 15) is 20.0 Å². The molecule has 1 fully saturated rings. The SMILES string of the molecule is O=C1CCCN1CCCc1ccc(C(=Nc2ccc(/C=C/c3cnc[nH]3)cc2)c2c(O)[nH]c3ccc([N+](=O)[O-])cc23)cc1. The van der Waals surface area contributed by atoms with Crippen LogP contribution in [0, 0.1) is 10.1 Å². The topological polar surface area (TPSA) is 141 Å². The molecule has 0 saturated carbocycles. The van der Waals surface area contributed by atoms with Gasteiger partial charge in [0.15, 0.2) is 5.88 Å². The van der Waals surface area contributed by atoms with Gasteiger partial charge in [-0.15, -0.1) is 0 Å². The van der Waals surface area contributed by atoms with Crippen molar-refractivity contribution in [3.05, 3.63) is 117 Å². The second-order valence-electron chi connectivity index (χ2n) is 10.5. The van der Waals surface area contributed by atoms with Crippen LogP contribution in [0.2, 0.25) is 0 Å². The highest BCUT2D eigenvalue weighted by atomic mass is 16.6. The Bertz CT molecular complexity index is 1820. The first kappa shape index (κ1) is 27.6. The Balaban J connectivity index is 1.33. The number of non-ortho nitro benzene ring substituents is 1. The van der Waals surface area contributed by atoms with Gasteiger partial charge in [-0.25, -0.2) is 9.98 Å². The molecule has 0 radical (unpaired) electrons. The molecule has 3 heterocycles. The summed E-state index contributed by atoms with van der Waals surface area (Å²) in [6, 6.07) is 20.0. The van der Waals surface area contributed by atoms with Crippen molar-refractivity contribution in [1.29, 1.82) is 0 Å². The van der Waals surface area contributed by atoms with Crippen LogP contribution in [-0.2, 0) is 11.2 Å². The second kappa shape index (κ2) is 12.2. The normalized spacial score (nSPS) is 13.9. The van der Waals surface area contributed by atoms with Crippen LogP contribution in [0.15, 0.2) is 84.2 Å². The van der Waals surface area contributed by atoms with Crippen LogP contribution in [-0.4, -0.2) is 54.6 Å². The summed E-state index contributed by atoms with van der Waals surface area (Å²) in [5.74, 6) is 0.115. The fraction of sp³-hybridized carbons (Fsp3) is 0.182. The molecule has 43 heavy (non-hydrogen) atoms. The number of nitro groups is 1. The number of aliphatic imine (C=N–C) groups is 1. The van der Waals surface area contributed by atoms with E-state index in [-0.39, 0.29) is 17.5 Å².